The maximum absolute atomic E-state index is 14.3. The van der Waals surface area contributed by atoms with Crippen LogP contribution in [0.25, 0.3) is 16.9 Å². The molecular formula is C14H10ClF4N5. The van der Waals surface area contributed by atoms with Crippen molar-refractivity contribution in [2.45, 2.75) is 13.1 Å². The maximum atomic E-state index is 14.3. The largest absolute Gasteiger partial charge is 0.405 e. The van der Waals surface area contributed by atoms with E-state index in [0.717, 1.165) is 10.8 Å². The lowest BCUT2D eigenvalue weighted by Crippen LogP contribution is -2.23. The van der Waals surface area contributed by atoms with E-state index in [1.165, 1.54) is 25.1 Å². The second kappa shape index (κ2) is 5.90. The van der Waals surface area contributed by atoms with Crippen LogP contribution in [-0.2, 0) is 0 Å². The summed E-state index contributed by atoms with van der Waals surface area (Å²) in [6.07, 6.45) is -3.33. The average Bonchev–Trinajstić information content (AvgIpc) is 2.93. The third-order valence-corrected chi connectivity index (χ3v) is 3.59. The summed E-state index contributed by atoms with van der Waals surface area (Å²) in [7, 11) is 0. The first-order valence-electron chi connectivity index (χ1n) is 6.73. The van der Waals surface area contributed by atoms with Crippen LogP contribution in [0.2, 0.25) is 5.02 Å². The minimum absolute atomic E-state index is 0.0498. The fourth-order valence-corrected chi connectivity index (χ4v) is 2.59. The molecule has 1 N–H and O–H groups in total. The highest BCUT2D eigenvalue weighted by molar-refractivity contribution is 6.33. The van der Waals surface area contributed by atoms with Crippen molar-refractivity contribution in [1.29, 1.82) is 0 Å². The Kier molecular flexibility index (Phi) is 4.04. The highest BCUT2D eigenvalue weighted by Crippen LogP contribution is 2.37. The first kappa shape index (κ1) is 16.4. The average molecular weight is 360 g/mol. The van der Waals surface area contributed by atoms with Gasteiger partial charge in [-0.15, -0.1) is 0 Å². The van der Waals surface area contributed by atoms with E-state index < -0.39 is 18.5 Å². The van der Waals surface area contributed by atoms with Gasteiger partial charge in [-0.3, -0.25) is 0 Å². The number of aryl methyl sites for hydroxylation is 1. The number of alkyl halides is 3. The summed E-state index contributed by atoms with van der Waals surface area (Å²) < 4.78 is 53.3. The molecule has 0 bridgehead atoms. The van der Waals surface area contributed by atoms with Crippen molar-refractivity contribution in [3.8, 4) is 11.1 Å². The molecule has 0 saturated carbocycles. The van der Waals surface area contributed by atoms with Crippen LogP contribution in [0.15, 0.2) is 24.5 Å². The Hall–Kier alpha value is -2.42. The Morgan fingerprint density at radius 1 is 1.25 bits per heavy atom. The molecule has 0 aliphatic rings. The Balaban J connectivity index is 2.28. The molecule has 24 heavy (non-hydrogen) atoms. The maximum Gasteiger partial charge on any atom is 0.405 e. The zero-order valence-electron chi connectivity index (χ0n) is 12.2. The van der Waals surface area contributed by atoms with Crippen molar-refractivity contribution in [2.75, 3.05) is 11.9 Å². The molecule has 0 saturated heterocycles. The smallest absolute Gasteiger partial charge is 0.360 e. The number of halogens is 5. The van der Waals surface area contributed by atoms with Crippen LogP contribution < -0.4 is 5.32 Å². The molecule has 0 spiro atoms. The molecule has 0 radical (unpaired) electrons. The number of nitrogens with zero attached hydrogens (tertiary/aromatic N) is 4. The van der Waals surface area contributed by atoms with Crippen molar-refractivity contribution >= 4 is 23.2 Å². The van der Waals surface area contributed by atoms with E-state index >= 15 is 0 Å². The quantitative estimate of drug-likeness (QED) is 0.721. The lowest BCUT2D eigenvalue weighted by Gasteiger charge is -2.17. The van der Waals surface area contributed by atoms with Crippen LogP contribution in [0.5, 0.6) is 0 Å². The highest BCUT2D eigenvalue weighted by Gasteiger charge is 2.29. The fraction of sp³-hybridized carbons (Fsp3) is 0.214. The molecule has 3 aromatic rings. The summed E-state index contributed by atoms with van der Waals surface area (Å²) >= 11 is 6.06. The Labute approximate surface area is 138 Å². The van der Waals surface area contributed by atoms with Crippen LogP contribution in [0.3, 0.4) is 0 Å². The third kappa shape index (κ3) is 2.99. The van der Waals surface area contributed by atoms with Crippen molar-refractivity contribution in [1.82, 2.24) is 19.6 Å². The van der Waals surface area contributed by atoms with Crippen molar-refractivity contribution in [3.63, 3.8) is 0 Å². The number of aromatic nitrogens is 4. The minimum atomic E-state index is -4.47. The number of rotatable bonds is 3. The van der Waals surface area contributed by atoms with E-state index in [1.54, 1.807) is 0 Å². The van der Waals surface area contributed by atoms with E-state index in [4.69, 9.17) is 11.6 Å². The van der Waals surface area contributed by atoms with Gasteiger partial charge in [-0.25, -0.2) is 9.37 Å². The zero-order valence-corrected chi connectivity index (χ0v) is 13.0. The van der Waals surface area contributed by atoms with Crippen LogP contribution in [0.4, 0.5) is 23.4 Å². The van der Waals surface area contributed by atoms with Crippen molar-refractivity contribution < 1.29 is 17.6 Å². The zero-order chi connectivity index (χ0) is 17.5. The first-order chi connectivity index (χ1) is 11.3. The molecule has 1 aromatic carbocycles. The first-order valence-corrected chi connectivity index (χ1v) is 7.11. The number of fused-ring (bicyclic) bond motifs is 1. The molecule has 0 amide bonds. The molecule has 0 aliphatic heterocycles. The molecule has 0 atom stereocenters. The van der Waals surface area contributed by atoms with E-state index in [9.17, 15) is 17.6 Å². The second-order valence-electron chi connectivity index (χ2n) is 4.96. The van der Waals surface area contributed by atoms with Gasteiger partial charge >= 0.3 is 6.18 Å². The Bertz CT molecular complexity index is 886. The van der Waals surface area contributed by atoms with E-state index in [0.29, 0.717) is 0 Å². The number of benzene rings is 1. The topological polar surface area (TPSA) is 55.1 Å². The molecule has 0 aliphatic carbocycles. The van der Waals surface area contributed by atoms with Gasteiger partial charge in [0.05, 0.1) is 16.3 Å². The summed E-state index contributed by atoms with van der Waals surface area (Å²) in [5, 5.41) is 6.15. The van der Waals surface area contributed by atoms with Gasteiger partial charge in [0.1, 0.15) is 24.5 Å². The van der Waals surface area contributed by atoms with Gasteiger partial charge in [-0.1, -0.05) is 17.7 Å². The second-order valence-corrected chi connectivity index (χ2v) is 5.37. The molecule has 2 heterocycles. The number of hydrogen-bond donors (Lipinski definition) is 1. The molecule has 0 fully saturated rings. The van der Waals surface area contributed by atoms with Crippen LogP contribution in [0, 0.1) is 12.7 Å². The normalized spacial score (nSPS) is 11.9. The van der Waals surface area contributed by atoms with E-state index in [1.807, 2.05) is 0 Å². The predicted molar refractivity (Wildman–Crippen MR) is 80.5 cm³/mol. The molecule has 0 unspecified atom stereocenters. The van der Waals surface area contributed by atoms with Gasteiger partial charge in [0, 0.05) is 5.56 Å². The summed E-state index contributed by atoms with van der Waals surface area (Å²) in [5.74, 6) is -0.672. The SMILES string of the molecule is Cc1nc2ncnn2c(NCC(F)(F)F)c1-c1c(F)cccc1Cl. The Morgan fingerprint density at radius 2 is 2.00 bits per heavy atom. The van der Waals surface area contributed by atoms with Gasteiger partial charge in [-0.2, -0.15) is 27.8 Å². The van der Waals surface area contributed by atoms with Gasteiger partial charge in [-0.05, 0) is 19.1 Å². The number of nitrogens with one attached hydrogen (secondary N) is 1. The molecule has 2 aromatic heterocycles. The van der Waals surface area contributed by atoms with Crippen molar-refractivity contribution in [2.24, 2.45) is 0 Å². The summed E-state index contributed by atoms with van der Waals surface area (Å²) in [4.78, 5) is 8.00. The van der Waals surface area contributed by atoms with E-state index in [-0.39, 0.29) is 33.4 Å². The standard InChI is InChI=1S/C14H10ClF4N5/c1-7-10(11-8(15)3-2-4-9(11)16)12(20-5-14(17,18)19)24-13(23-7)21-6-22-24/h2-4,6,20H,5H2,1H3. The summed E-state index contributed by atoms with van der Waals surface area (Å²) in [6, 6.07) is 4.01. The van der Waals surface area contributed by atoms with E-state index in [2.05, 4.69) is 20.4 Å². The van der Waals surface area contributed by atoms with Gasteiger partial charge in [0.2, 0.25) is 0 Å². The molecular weight excluding hydrogens is 350 g/mol. The predicted octanol–water partition coefficient (Wildman–Crippen LogP) is 3.87. The minimum Gasteiger partial charge on any atom is -0.360 e. The lowest BCUT2D eigenvalue weighted by molar-refractivity contribution is -0.115. The van der Waals surface area contributed by atoms with Crippen molar-refractivity contribution in [3.05, 3.63) is 41.1 Å². The molecule has 126 valence electrons. The number of hydrogen-bond acceptors (Lipinski definition) is 4. The van der Waals surface area contributed by atoms with Gasteiger partial charge in [0.15, 0.2) is 0 Å². The van der Waals surface area contributed by atoms with Gasteiger partial charge in [0.25, 0.3) is 5.78 Å². The fourth-order valence-electron chi connectivity index (χ4n) is 2.34. The molecule has 10 heteroatoms. The summed E-state index contributed by atoms with van der Waals surface area (Å²) in [6.45, 7) is 0.204. The molecule has 3 rings (SSSR count). The monoisotopic (exact) mass is 359 g/mol. The van der Waals surface area contributed by atoms with Crippen LogP contribution >= 0.6 is 11.6 Å². The van der Waals surface area contributed by atoms with Crippen LogP contribution in [-0.4, -0.2) is 32.3 Å². The lowest BCUT2D eigenvalue weighted by atomic mass is 10.0. The third-order valence-electron chi connectivity index (χ3n) is 3.28. The van der Waals surface area contributed by atoms with Crippen LogP contribution in [0.1, 0.15) is 5.69 Å². The summed E-state index contributed by atoms with van der Waals surface area (Å²) in [5.41, 5.74) is 0.318. The highest BCUT2D eigenvalue weighted by atomic mass is 35.5. The number of anilines is 1. The van der Waals surface area contributed by atoms with Gasteiger partial charge < -0.3 is 5.32 Å². The molecule has 5 nitrogen and oxygen atoms in total. The Morgan fingerprint density at radius 3 is 2.67 bits per heavy atom.